The largest absolute Gasteiger partial charge is 0.507 e. The number of aromatic hydroxyl groups is 2. The van der Waals surface area contributed by atoms with Gasteiger partial charge in [-0.25, -0.2) is 4.99 Å². The Bertz CT molecular complexity index is 2230. The van der Waals surface area contributed by atoms with Crippen LogP contribution in [0.2, 0.25) is 0 Å². The molecule has 4 heterocycles. The van der Waals surface area contributed by atoms with Crippen molar-refractivity contribution >= 4 is 34.1 Å². The summed E-state index contributed by atoms with van der Waals surface area (Å²) in [4.78, 5) is 52.3. The van der Waals surface area contributed by atoms with Gasteiger partial charge >= 0.3 is 11.8 Å². The number of benzene rings is 2. The van der Waals surface area contributed by atoms with Crippen LogP contribution in [0.1, 0.15) is 77.2 Å². The number of carbonyl (C=O) groups excluding carboxylic acids is 3. The molecule has 314 valence electrons. The predicted molar refractivity (Wildman–Crippen MR) is 214 cm³/mol. The van der Waals surface area contributed by atoms with Crippen molar-refractivity contribution in [3.05, 3.63) is 58.0 Å². The molecule has 2 aromatic rings. The highest BCUT2D eigenvalue weighted by Crippen LogP contribution is 2.51. The molecule has 0 saturated carbocycles. The molecule has 5 N–H and O–H groups in total. The molecule has 0 radical (unpaired) electrons. The number of methoxy groups -OCH3 is 1. The third-order valence-electron chi connectivity index (χ3n) is 12.4. The average Bonchev–Trinajstić information content (AvgIpc) is 3.69. The Morgan fingerprint density at radius 3 is 2.28 bits per heavy atom. The fourth-order valence-electron chi connectivity index (χ4n) is 8.60. The van der Waals surface area contributed by atoms with Crippen LogP contribution in [-0.2, 0) is 23.8 Å². The quantitative estimate of drug-likeness (QED) is 0.217. The molecule has 4 aliphatic heterocycles. The second-order valence-corrected chi connectivity index (χ2v) is 16.6. The first kappa shape index (κ1) is 42.8. The highest BCUT2D eigenvalue weighted by molar-refractivity contribution is 6.21. The molecule has 15 heteroatoms. The van der Waals surface area contributed by atoms with Crippen LogP contribution in [0.5, 0.6) is 17.2 Å². The van der Waals surface area contributed by atoms with E-state index in [9.17, 15) is 34.8 Å². The highest BCUT2D eigenvalue weighted by Gasteiger charge is 2.50. The van der Waals surface area contributed by atoms with Crippen molar-refractivity contribution in [2.75, 3.05) is 32.6 Å². The molecular formula is C43H56N4O11. The third-order valence-corrected chi connectivity index (χ3v) is 12.4. The van der Waals surface area contributed by atoms with E-state index in [1.54, 1.807) is 59.8 Å². The van der Waals surface area contributed by atoms with Gasteiger partial charge in [-0.3, -0.25) is 19.4 Å². The van der Waals surface area contributed by atoms with E-state index in [1.807, 2.05) is 7.05 Å². The van der Waals surface area contributed by atoms with Crippen LogP contribution >= 0.6 is 0 Å². The molecule has 58 heavy (non-hydrogen) atoms. The number of carbonyl (C=O) groups is 3. The SMILES string of the molecule is CO[C@H]1/C=C/O[C@@]2(C)Oc3c(C)c(O)c4c(O)c(c5c(c4c3C2=O)NC2(CCN(C)CC2)N=5)=NC(=O)/C(C)=C\C=C\[C@H](C)[C@H](O)[C@@H](C)[C@@H](O)[C@@H](C)[C@H](OC(C)=O)[C@@H]1C. The van der Waals surface area contributed by atoms with Gasteiger partial charge in [-0.15, -0.1) is 0 Å². The van der Waals surface area contributed by atoms with Gasteiger partial charge in [0.05, 0.1) is 41.2 Å². The summed E-state index contributed by atoms with van der Waals surface area (Å²) in [6.45, 7) is 14.2. The van der Waals surface area contributed by atoms with Gasteiger partial charge in [0.1, 0.15) is 34.0 Å². The molecule has 1 amide bonds. The van der Waals surface area contributed by atoms with E-state index in [-0.39, 0.29) is 49.7 Å². The topological polar surface area (TPSA) is 209 Å². The highest BCUT2D eigenvalue weighted by atomic mass is 16.7. The van der Waals surface area contributed by atoms with E-state index in [1.165, 1.54) is 33.3 Å². The second kappa shape index (κ2) is 16.1. The van der Waals surface area contributed by atoms with Gasteiger partial charge in [-0.2, -0.15) is 0 Å². The monoisotopic (exact) mass is 804 g/mol. The summed E-state index contributed by atoms with van der Waals surface area (Å²) in [6, 6.07) is 0. The zero-order chi connectivity index (χ0) is 42.6. The summed E-state index contributed by atoms with van der Waals surface area (Å²) in [6.07, 6.45) is 5.03. The van der Waals surface area contributed by atoms with E-state index < -0.39 is 82.9 Å². The number of hydrogen-bond acceptors (Lipinski definition) is 14. The maximum absolute atomic E-state index is 14.6. The lowest BCUT2D eigenvalue weighted by molar-refractivity contribution is -0.160. The van der Waals surface area contributed by atoms with E-state index in [2.05, 4.69) is 15.2 Å². The first-order valence-electron chi connectivity index (χ1n) is 19.8. The number of aliphatic hydroxyl groups excluding tert-OH is 2. The Hall–Kier alpha value is -4.83. The molecule has 2 aromatic carbocycles. The molecule has 1 spiro atoms. The maximum Gasteiger partial charge on any atom is 0.312 e. The van der Waals surface area contributed by atoms with Crippen molar-refractivity contribution in [1.29, 1.82) is 0 Å². The molecule has 4 bridgehead atoms. The zero-order valence-corrected chi connectivity index (χ0v) is 34.8. The van der Waals surface area contributed by atoms with Crippen molar-refractivity contribution < 1.29 is 53.8 Å². The summed E-state index contributed by atoms with van der Waals surface area (Å²) in [5.74, 6) is -7.04. The first-order valence-corrected chi connectivity index (χ1v) is 19.8. The van der Waals surface area contributed by atoms with E-state index in [4.69, 9.17) is 23.9 Å². The van der Waals surface area contributed by atoms with Crippen LogP contribution in [0, 0.1) is 30.6 Å². The molecule has 0 unspecified atom stereocenters. The first-order chi connectivity index (χ1) is 27.3. The number of amides is 1. The molecule has 1 fully saturated rings. The summed E-state index contributed by atoms with van der Waals surface area (Å²) in [5, 5.41) is 50.2. The molecule has 0 aromatic heterocycles. The summed E-state index contributed by atoms with van der Waals surface area (Å²) < 4.78 is 23.9. The maximum atomic E-state index is 14.6. The van der Waals surface area contributed by atoms with Crippen molar-refractivity contribution in [1.82, 2.24) is 4.90 Å². The minimum absolute atomic E-state index is 0.0498. The molecule has 4 aliphatic rings. The number of nitrogens with one attached hydrogen (secondary N) is 1. The number of esters is 1. The molecule has 0 aliphatic carbocycles. The molecule has 15 nitrogen and oxygen atoms in total. The standard InChI is InChI=1S/C43H56N4O11/c1-20-12-11-13-21(2)41(54)44-33-32-31(45-43(46-32)15-17-47(9)18-16-43)28-29(37(33)52)36(51)25(6)39-30(28)40(53)42(8,58-39)56-19-14-27(55-10)22(3)38(57-26(7)48)24(5)35(50)23(4)34(20)49/h11-14,19-20,22-24,27,34-35,38,45,49-52H,15-18H2,1-10H3/b12-11+,19-14+,21-13-,44-33?/t20-,22+,23+,24+,27-,34-,35+,38+,42-/m0/s1. The van der Waals surface area contributed by atoms with Crippen molar-refractivity contribution in [3.8, 4) is 17.2 Å². The van der Waals surface area contributed by atoms with Gasteiger partial charge < -0.3 is 49.6 Å². The normalized spacial score (nSPS) is 33.6. The number of aliphatic hydroxyl groups is 2. The average molecular weight is 805 g/mol. The van der Waals surface area contributed by atoms with E-state index in [0.717, 1.165) is 0 Å². The number of nitrogens with zero attached hydrogens (tertiary/aromatic N) is 3. The van der Waals surface area contributed by atoms with Gasteiger partial charge in [0.15, 0.2) is 5.75 Å². The lowest BCUT2D eigenvalue weighted by Crippen LogP contribution is -2.46. The van der Waals surface area contributed by atoms with E-state index >= 15 is 0 Å². The van der Waals surface area contributed by atoms with Crippen LogP contribution in [0.25, 0.3) is 10.8 Å². The smallest absolute Gasteiger partial charge is 0.312 e. The lowest BCUT2D eigenvalue weighted by atomic mass is 9.78. The summed E-state index contributed by atoms with van der Waals surface area (Å²) in [5.41, 5.74) is -0.114. The summed E-state index contributed by atoms with van der Waals surface area (Å²) >= 11 is 0. The van der Waals surface area contributed by atoms with Crippen LogP contribution < -0.4 is 20.8 Å². The van der Waals surface area contributed by atoms with E-state index in [0.29, 0.717) is 31.6 Å². The lowest BCUT2D eigenvalue weighted by Gasteiger charge is -2.38. The predicted octanol–water partition coefficient (Wildman–Crippen LogP) is 3.72. The number of phenols is 2. The molecule has 9 atom stereocenters. The van der Waals surface area contributed by atoms with Crippen molar-refractivity contribution in [2.45, 2.75) is 104 Å². The molecule has 1 saturated heterocycles. The number of likely N-dealkylation sites (tertiary alicyclic amines) is 1. The summed E-state index contributed by atoms with van der Waals surface area (Å²) in [7, 11) is 3.47. The van der Waals surface area contributed by atoms with Gasteiger partial charge in [0, 0.05) is 87.1 Å². The number of phenolic OH excluding ortho intramolecular Hbond substituents is 2. The van der Waals surface area contributed by atoms with Crippen molar-refractivity contribution in [3.63, 3.8) is 0 Å². The number of hydrogen-bond donors (Lipinski definition) is 5. The zero-order valence-electron chi connectivity index (χ0n) is 34.8. The van der Waals surface area contributed by atoms with Gasteiger partial charge in [-0.1, -0.05) is 45.9 Å². The Kier molecular flexibility index (Phi) is 11.9. The number of piperidine rings is 1. The number of allylic oxidation sites excluding steroid dienone is 2. The minimum atomic E-state index is -1.95. The Labute approximate surface area is 337 Å². The number of fused-ring (bicyclic) bond motifs is 1. The van der Waals surface area contributed by atoms with Crippen molar-refractivity contribution in [2.24, 2.45) is 33.7 Å². The van der Waals surface area contributed by atoms with Gasteiger partial charge in [0.25, 0.3) is 11.7 Å². The number of ether oxygens (including phenoxy) is 4. The molecule has 6 rings (SSSR count). The number of rotatable bonds is 2. The number of anilines is 1. The Morgan fingerprint density at radius 1 is 0.966 bits per heavy atom. The van der Waals surface area contributed by atoms with Crippen LogP contribution in [-0.4, -0.2) is 106 Å². The third kappa shape index (κ3) is 7.49. The Morgan fingerprint density at radius 2 is 1.64 bits per heavy atom. The van der Waals surface area contributed by atoms with Crippen LogP contribution in [0.15, 0.2) is 46.1 Å². The number of Topliss-reactive ketones (excluding diaryl/α,β-unsaturated/α-hetero) is 1. The fraction of sp³-hybridized carbons (Fsp3) is 0.558. The minimum Gasteiger partial charge on any atom is -0.507 e. The van der Waals surface area contributed by atoms with Gasteiger partial charge in [-0.05, 0) is 27.0 Å². The van der Waals surface area contributed by atoms with Gasteiger partial charge in [0.2, 0.25) is 0 Å². The van der Waals surface area contributed by atoms with Crippen LogP contribution in [0.3, 0.4) is 0 Å². The van der Waals surface area contributed by atoms with Crippen LogP contribution in [0.4, 0.5) is 5.69 Å². The number of ketones is 1. The Balaban J connectivity index is 1.57. The second-order valence-electron chi connectivity index (χ2n) is 16.6. The fourth-order valence-corrected chi connectivity index (χ4v) is 8.60. The molecular weight excluding hydrogens is 748 g/mol.